The van der Waals surface area contributed by atoms with Crippen LogP contribution in [-0.2, 0) is 9.59 Å². The molecule has 2 amide bonds. The quantitative estimate of drug-likeness (QED) is 0.617. The van der Waals surface area contributed by atoms with Crippen LogP contribution in [0.25, 0.3) is 0 Å². The number of hydrogen-bond donors (Lipinski definition) is 1. The van der Waals surface area contributed by atoms with E-state index < -0.39 is 6.04 Å². The summed E-state index contributed by atoms with van der Waals surface area (Å²) in [6.45, 7) is 8.46. The Morgan fingerprint density at radius 2 is 1.95 bits per heavy atom. The lowest BCUT2D eigenvalue weighted by Crippen LogP contribution is -2.66. The largest absolute Gasteiger partial charge is 0.342 e. The smallest absolute Gasteiger partial charge is 0.246 e. The summed E-state index contributed by atoms with van der Waals surface area (Å²) < 4.78 is 0. The third-order valence-electron chi connectivity index (χ3n) is 3.72. The monoisotopic (exact) mass is 278 g/mol. The number of hydrogen-bond acceptors (Lipinski definition) is 2. The van der Waals surface area contributed by atoms with E-state index in [0.29, 0.717) is 19.4 Å². The molecule has 2 atom stereocenters. The first-order valence-corrected chi connectivity index (χ1v) is 7.37. The van der Waals surface area contributed by atoms with E-state index in [1.807, 2.05) is 27.7 Å². The first kappa shape index (κ1) is 16.6. The number of unbranched alkanes of at least 4 members (excludes halogenated alkanes) is 2. The third-order valence-corrected chi connectivity index (χ3v) is 3.72. The molecule has 112 valence electrons. The summed E-state index contributed by atoms with van der Waals surface area (Å²) in [5, 5.41) is 2.88. The van der Waals surface area contributed by atoms with Crippen molar-refractivity contribution in [3.8, 4) is 12.3 Å². The lowest BCUT2D eigenvalue weighted by molar-refractivity contribution is -0.152. The molecule has 0 bridgehead atoms. The van der Waals surface area contributed by atoms with Gasteiger partial charge in [-0.05, 0) is 24.7 Å². The van der Waals surface area contributed by atoms with Crippen LogP contribution in [0.2, 0.25) is 0 Å². The summed E-state index contributed by atoms with van der Waals surface area (Å²) in [4.78, 5) is 26.6. The van der Waals surface area contributed by atoms with E-state index in [-0.39, 0.29) is 23.3 Å². The van der Waals surface area contributed by atoms with Crippen LogP contribution in [-0.4, -0.2) is 35.3 Å². The first-order valence-electron chi connectivity index (χ1n) is 7.37. The molecular formula is C16H26N2O2. The zero-order valence-electron chi connectivity index (χ0n) is 13.0. The molecule has 0 aromatic heterocycles. The molecule has 1 aliphatic heterocycles. The van der Waals surface area contributed by atoms with Gasteiger partial charge >= 0.3 is 0 Å². The van der Waals surface area contributed by atoms with Crippen LogP contribution < -0.4 is 5.32 Å². The van der Waals surface area contributed by atoms with Gasteiger partial charge < -0.3 is 10.2 Å². The van der Waals surface area contributed by atoms with Crippen molar-refractivity contribution in [3.05, 3.63) is 0 Å². The zero-order chi connectivity index (χ0) is 15.3. The summed E-state index contributed by atoms with van der Waals surface area (Å²) >= 11 is 0. The van der Waals surface area contributed by atoms with Gasteiger partial charge in [-0.2, -0.15) is 0 Å². The molecule has 2 unspecified atom stereocenters. The van der Waals surface area contributed by atoms with E-state index >= 15 is 0 Å². The van der Waals surface area contributed by atoms with Gasteiger partial charge in [-0.25, -0.2) is 0 Å². The molecule has 0 spiro atoms. The van der Waals surface area contributed by atoms with Crippen molar-refractivity contribution in [2.75, 3.05) is 6.54 Å². The van der Waals surface area contributed by atoms with Gasteiger partial charge in [-0.1, -0.05) is 27.7 Å². The highest BCUT2D eigenvalue weighted by atomic mass is 16.2. The fourth-order valence-corrected chi connectivity index (χ4v) is 2.53. The number of carbonyl (C=O) groups excluding carboxylic acids is 2. The molecule has 0 saturated carbocycles. The Hall–Kier alpha value is -1.50. The molecule has 0 radical (unpaired) electrons. The molecule has 4 heteroatoms. The minimum atomic E-state index is -0.439. The Balaban J connectivity index is 2.82. The lowest BCUT2D eigenvalue weighted by Gasteiger charge is -2.43. The molecule has 0 aliphatic carbocycles. The third kappa shape index (κ3) is 3.75. The van der Waals surface area contributed by atoms with E-state index in [1.165, 1.54) is 0 Å². The van der Waals surface area contributed by atoms with Crippen LogP contribution in [0.3, 0.4) is 0 Å². The highest BCUT2D eigenvalue weighted by Gasteiger charge is 2.44. The average molecular weight is 278 g/mol. The minimum Gasteiger partial charge on any atom is -0.342 e. The second kappa shape index (κ2) is 6.78. The summed E-state index contributed by atoms with van der Waals surface area (Å²) in [6, 6.07) is -0.780. The van der Waals surface area contributed by atoms with Gasteiger partial charge in [0.05, 0.1) is 0 Å². The molecule has 1 heterocycles. The average Bonchev–Trinajstić information content (AvgIpc) is 2.36. The second-order valence-corrected chi connectivity index (χ2v) is 6.42. The highest BCUT2D eigenvalue weighted by molar-refractivity contribution is 5.97. The Morgan fingerprint density at radius 1 is 1.30 bits per heavy atom. The summed E-state index contributed by atoms with van der Waals surface area (Å²) in [5.41, 5.74) is -0.275. The second-order valence-electron chi connectivity index (χ2n) is 6.42. The fraction of sp³-hybridized carbons (Fsp3) is 0.750. The Kier molecular flexibility index (Phi) is 5.62. The number of nitrogens with zero attached hydrogens (tertiary/aromatic N) is 1. The summed E-state index contributed by atoms with van der Waals surface area (Å²) in [5.74, 6) is 2.60. The van der Waals surface area contributed by atoms with Gasteiger partial charge in [-0.3, -0.25) is 9.59 Å². The number of rotatable bonds is 5. The summed E-state index contributed by atoms with van der Waals surface area (Å²) in [7, 11) is 0. The molecule has 0 aromatic rings. The van der Waals surface area contributed by atoms with E-state index in [0.717, 1.165) is 12.8 Å². The molecule has 1 aliphatic rings. The van der Waals surface area contributed by atoms with Crippen LogP contribution >= 0.6 is 0 Å². The molecule has 1 saturated heterocycles. The first-order chi connectivity index (χ1) is 9.32. The Bertz CT molecular complexity index is 404. The van der Waals surface area contributed by atoms with E-state index in [2.05, 4.69) is 11.2 Å². The summed E-state index contributed by atoms with van der Waals surface area (Å²) in [6.07, 6.45) is 8.32. The lowest BCUT2D eigenvalue weighted by atomic mass is 9.83. The SMILES string of the molecule is C#CCCCCN1C(=O)C(C(C)(C)C)NC(=O)C1CC. The topological polar surface area (TPSA) is 49.4 Å². The number of carbonyl (C=O) groups is 2. The number of nitrogens with one attached hydrogen (secondary N) is 1. The number of terminal acetylenes is 1. The fourth-order valence-electron chi connectivity index (χ4n) is 2.53. The normalized spacial score (nSPS) is 23.4. The number of piperazine rings is 1. The van der Waals surface area contributed by atoms with Crippen LogP contribution in [0, 0.1) is 17.8 Å². The van der Waals surface area contributed by atoms with Gasteiger partial charge in [0, 0.05) is 13.0 Å². The predicted molar refractivity (Wildman–Crippen MR) is 79.9 cm³/mol. The minimum absolute atomic E-state index is 0.0321. The van der Waals surface area contributed by atoms with E-state index in [1.54, 1.807) is 4.90 Å². The zero-order valence-corrected chi connectivity index (χ0v) is 13.0. The van der Waals surface area contributed by atoms with Crippen LogP contribution in [0.15, 0.2) is 0 Å². The molecule has 20 heavy (non-hydrogen) atoms. The van der Waals surface area contributed by atoms with Crippen molar-refractivity contribution in [3.63, 3.8) is 0 Å². The number of amides is 2. The van der Waals surface area contributed by atoms with Crippen LogP contribution in [0.5, 0.6) is 0 Å². The van der Waals surface area contributed by atoms with Gasteiger partial charge in [0.1, 0.15) is 12.1 Å². The van der Waals surface area contributed by atoms with Gasteiger partial charge in [-0.15, -0.1) is 12.3 Å². The van der Waals surface area contributed by atoms with Gasteiger partial charge in [0.2, 0.25) is 11.8 Å². The molecule has 0 aromatic carbocycles. The van der Waals surface area contributed by atoms with Crippen molar-refractivity contribution >= 4 is 11.8 Å². The standard InChI is InChI=1S/C16H26N2O2/c1-6-8-9-10-11-18-12(7-2)14(19)17-13(15(18)20)16(3,4)5/h1,12-13H,7-11H2,2-5H3,(H,17,19). The molecule has 1 rings (SSSR count). The van der Waals surface area contributed by atoms with Crippen molar-refractivity contribution in [2.45, 2.75) is 65.5 Å². The molecule has 1 fully saturated rings. The molecule has 1 N–H and O–H groups in total. The van der Waals surface area contributed by atoms with E-state index in [9.17, 15) is 9.59 Å². The van der Waals surface area contributed by atoms with Crippen molar-refractivity contribution < 1.29 is 9.59 Å². The maximum absolute atomic E-state index is 12.6. The molecule has 4 nitrogen and oxygen atoms in total. The van der Waals surface area contributed by atoms with Crippen molar-refractivity contribution in [2.24, 2.45) is 5.41 Å². The van der Waals surface area contributed by atoms with Gasteiger partial charge in [0.25, 0.3) is 0 Å². The molecular weight excluding hydrogens is 252 g/mol. The van der Waals surface area contributed by atoms with Crippen LogP contribution in [0.4, 0.5) is 0 Å². The van der Waals surface area contributed by atoms with Crippen molar-refractivity contribution in [1.29, 1.82) is 0 Å². The van der Waals surface area contributed by atoms with Gasteiger partial charge in [0.15, 0.2) is 0 Å². The maximum Gasteiger partial charge on any atom is 0.246 e. The highest BCUT2D eigenvalue weighted by Crippen LogP contribution is 2.26. The van der Waals surface area contributed by atoms with Crippen molar-refractivity contribution in [1.82, 2.24) is 10.2 Å². The Labute approximate surface area is 122 Å². The predicted octanol–water partition coefficient (Wildman–Crippen LogP) is 1.94. The van der Waals surface area contributed by atoms with E-state index in [4.69, 9.17) is 6.42 Å². The Morgan fingerprint density at radius 3 is 2.45 bits per heavy atom. The van der Waals surface area contributed by atoms with Crippen LogP contribution in [0.1, 0.15) is 53.4 Å². The maximum atomic E-state index is 12.6.